The van der Waals surface area contributed by atoms with Crippen molar-refractivity contribution in [2.75, 3.05) is 6.54 Å². The zero-order valence-corrected chi connectivity index (χ0v) is 10.4. The molecule has 100 valence electrons. The summed E-state index contributed by atoms with van der Waals surface area (Å²) in [6.45, 7) is 1.26. The highest BCUT2D eigenvalue weighted by Crippen LogP contribution is 2.11. The molecule has 4 N–H and O–H groups in total. The number of hydrogen-bond acceptors (Lipinski definition) is 4. The van der Waals surface area contributed by atoms with Gasteiger partial charge in [0.15, 0.2) is 0 Å². The SMILES string of the molecule is O=C(NCCc1cnc[nH]1)C1Cc2nc[nH]c2CN1. The highest BCUT2D eigenvalue weighted by molar-refractivity contribution is 5.82. The number of carbonyl (C=O) groups excluding carboxylic acids is 1. The molecule has 1 amide bonds. The van der Waals surface area contributed by atoms with Gasteiger partial charge in [0.2, 0.25) is 5.91 Å². The number of rotatable bonds is 4. The fourth-order valence-corrected chi connectivity index (χ4v) is 2.22. The second-order valence-electron chi connectivity index (χ2n) is 4.58. The Bertz CT molecular complexity index is 546. The van der Waals surface area contributed by atoms with Gasteiger partial charge in [-0.3, -0.25) is 10.1 Å². The van der Waals surface area contributed by atoms with Crippen molar-refractivity contribution in [3.8, 4) is 0 Å². The number of nitrogens with zero attached hydrogens (tertiary/aromatic N) is 2. The summed E-state index contributed by atoms with van der Waals surface area (Å²) in [7, 11) is 0. The number of nitrogens with one attached hydrogen (secondary N) is 4. The van der Waals surface area contributed by atoms with Crippen molar-refractivity contribution in [3.63, 3.8) is 0 Å². The molecule has 0 saturated heterocycles. The molecule has 19 heavy (non-hydrogen) atoms. The first kappa shape index (κ1) is 11.9. The molecule has 0 fully saturated rings. The summed E-state index contributed by atoms with van der Waals surface area (Å²) < 4.78 is 0. The van der Waals surface area contributed by atoms with E-state index in [0.29, 0.717) is 19.5 Å². The zero-order chi connectivity index (χ0) is 13.1. The highest BCUT2D eigenvalue weighted by Gasteiger charge is 2.25. The lowest BCUT2D eigenvalue weighted by atomic mass is 10.0. The Morgan fingerprint density at radius 3 is 3.21 bits per heavy atom. The molecule has 3 rings (SSSR count). The van der Waals surface area contributed by atoms with Crippen molar-refractivity contribution in [2.45, 2.75) is 25.4 Å². The summed E-state index contributed by atoms with van der Waals surface area (Å²) in [5.41, 5.74) is 3.07. The Morgan fingerprint density at radius 1 is 1.42 bits per heavy atom. The number of H-pyrrole nitrogens is 2. The van der Waals surface area contributed by atoms with E-state index in [9.17, 15) is 4.79 Å². The van der Waals surface area contributed by atoms with Gasteiger partial charge >= 0.3 is 0 Å². The second-order valence-corrected chi connectivity index (χ2v) is 4.58. The normalized spacial score (nSPS) is 18.0. The fourth-order valence-electron chi connectivity index (χ4n) is 2.22. The maximum absolute atomic E-state index is 12.0. The van der Waals surface area contributed by atoms with Gasteiger partial charge in [0.25, 0.3) is 0 Å². The minimum Gasteiger partial charge on any atom is -0.354 e. The third-order valence-electron chi connectivity index (χ3n) is 3.30. The van der Waals surface area contributed by atoms with Crippen LogP contribution in [0.1, 0.15) is 17.1 Å². The average molecular weight is 260 g/mol. The van der Waals surface area contributed by atoms with Crippen molar-refractivity contribution in [1.29, 1.82) is 0 Å². The first-order valence-electron chi connectivity index (χ1n) is 6.32. The molecule has 7 nitrogen and oxygen atoms in total. The number of amides is 1. The van der Waals surface area contributed by atoms with Gasteiger partial charge in [-0.15, -0.1) is 0 Å². The monoisotopic (exact) mass is 260 g/mol. The number of aromatic nitrogens is 4. The molecular weight excluding hydrogens is 244 g/mol. The molecule has 1 atom stereocenters. The predicted molar refractivity (Wildman–Crippen MR) is 68.2 cm³/mol. The van der Waals surface area contributed by atoms with Crippen molar-refractivity contribution in [1.82, 2.24) is 30.6 Å². The third-order valence-corrected chi connectivity index (χ3v) is 3.30. The van der Waals surface area contributed by atoms with Crippen LogP contribution in [0.3, 0.4) is 0 Å². The van der Waals surface area contributed by atoms with E-state index in [1.165, 1.54) is 0 Å². The molecule has 0 bridgehead atoms. The van der Waals surface area contributed by atoms with Gasteiger partial charge in [-0.2, -0.15) is 0 Å². The maximum atomic E-state index is 12.0. The Hall–Kier alpha value is -2.15. The van der Waals surface area contributed by atoms with E-state index >= 15 is 0 Å². The summed E-state index contributed by atoms with van der Waals surface area (Å²) in [6, 6.07) is -0.197. The van der Waals surface area contributed by atoms with Crippen LogP contribution < -0.4 is 10.6 Å². The van der Waals surface area contributed by atoms with Gasteiger partial charge in [0.05, 0.1) is 30.1 Å². The molecule has 0 aromatic carbocycles. The lowest BCUT2D eigenvalue weighted by molar-refractivity contribution is -0.123. The van der Waals surface area contributed by atoms with Gasteiger partial charge < -0.3 is 15.3 Å². The molecule has 0 radical (unpaired) electrons. The minimum absolute atomic E-state index is 0.0214. The van der Waals surface area contributed by atoms with E-state index in [0.717, 1.165) is 23.5 Å². The zero-order valence-electron chi connectivity index (χ0n) is 10.4. The number of carbonyl (C=O) groups is 1. The summed E-state index contributed by atoms with van der Waals surface area (Å²) in [5, 5.41) is 6.13. The first-order chi connectivity index (χ1) is 9.33. The van der Waals surface area contributed by atoms with E-state index < -0.39 is 0 Å². The molecule has 0 aliphatic carbocycles. The molecule has 1 unspecified atom stereocenters. The largest absolute Gasteiger partial charge is 0.354 e. The van der Waals surface area contributed by atoms with Gasteiger partial charge in [-0.1, -0.05) is 0 Å². The third kappa shape index (κ3) is 2.65. The quantitative estimate of drug-likeness (QED) is 0.596. The summed E-state index contributed by atoms with van der Waals surface area (Å²) in [6.07, 6.45) is 6.46. The second kappa shape index (κ2) is 5.23. The lowest BCUT2D eigenvalue weighted by Gasteiger charge is -2.22. The highest BCUT2D eigenvalue weighted by atomic mass is 16.2. The van der Waals surface area contributed by atoms with E-state index in [-0.39, 0.29) is 11.9 Å². The van der Waals surface area contributed by atoms with E-state index in [1.54, 1.807) is 18.9 Å². The molecule has 0 saturated carbocycles. The number of aromatic amines is 2. The maximum Gasteiger partial charge on any atom is 0.237 e. The molecule has 1 aliphatic rings. The van der Waals surface area contributed by atoms with Crippen molar-refractivity contribution >= 4 is 5.91 Å². The molecule has 7 heteroatoms. The molecular formula is C12H16N6O. The van der Waals surface area contributed by atoms with Gasteiger partial charge in [-0.25, -0.2) is 9.97 Å². The van der Waals surface area contributed by atoms with Crippen LogP contribution >= 0.6 is 0 Å². The van der Waals surface area contributed by atoms with Crippen LogP contribution in [-0.2, 0) is 24.2 Å². The fraction of sp³-hybridized carbons (Fsp3) is 0.417. The van der Waals surface area contributed by atoms with Crippen LogP contribution in [0.5, 0.6) is 0 Å². The topological polar surface area (TPSA) is 98.5 Å². The van der Waals surface area contributed by atoms with Gasteiger partial charge in [-0.05, 0) is 0 Å². The average Bonchev–Trinajstić information content (AvgIpc) is 3.08. The van der Waals surface area contributed by atoms with E-state index in [4.69, 9.17) is 0 Å². The van der Waals surface area contributed by atoms with Gasteiger partial charge in [0.1, 0.15) is 0 Å². The Kier molecular flexibility index (Phi) is 3.28. The van der Waals surface area contributed by atoms with E-state index in [1.807, 2.05) is 0 Å². The molecule has 3 heterocycles. The molecule has 2 aromatic rings. The Morgan fingerprint density at radius 2 is 2.37 bits per heavy atom. The summed E-state index contributed by atoms with van der Waals surface area (Å²) in [4.78, 5) is 26.2. The molecule has 2 aromatic heterocycles. The van der Waals surface area contributed by atoms with E-state index in [2.05, 4.69) is 30.6 Å². The van der Waals surface area contributed by atoms with Crippen LogP contribution in [0.2, 0.25) is 0 Å². The van der Waals surface area contributed by atoms with Crippen LogP contribution in [0.25, 0.3) is 0 Å². The van der Waals surface area contributed by atoms with Crippen molar-refractivity contribution < 1.29 is 4.79 Å². The standard InChI is InChI=1S/C12H16N6O/c19-12(14-2-1-8-4-13-6-16-8)10-3-9-11(5-15-10)18-7-17-9/h4,6-7,10,15H,1-3,5H2,(H,13,16)(H,14,19)(H,17,18). The Labute approximate surface area is 110 Å². The molecule has 0 spiro atoms. The summed E-state index contributed by atoms with van der Waals surface area (Å²) in [5.74, 6) is 0.0214. The smallest absolute Gasteiger partial charge is 0.237 e. The number of imidazole rings is 2. The first-order valence-corrected chi connectivity index (χ1v) is 6.32. The number of hydrogen-bond donors (Lipinski definition) is 4. The van der Waals surface area contributed by atoms with Crippen LogP contribution in [0, 0.1) is 0 Å². The van der Waals surface area contributed by atoms with Crippen molar-refractivity contribution in [2.24, 2.45) is 0 Å². The molecule has 1 aliphatic heterocycles. The number of fused-ring (bicyclic) bond motifs is 1. The summed E-state index contributed by atoms with van der Waals surface area (Å²) >= 11 is 0. The minimum atomic E-state index is -0.197. The van der Waals surface area contributed by atoms with Gasteiger partial charge in [0, 0.05) is 37.8 Å². The van der Waals surface area contributed by atoms with Crippen LogP contribution in [0.4, 0.5) is 0 Å². The Balaban J connectivity index is 1.49. The lowest BCUT2D eigenvalue weighted by Crippen LogP contribution is -2.48. The van der Waals surface area contributed by atoms with Crippen LogP contribution in [0.15, 0.2) is 18.9 Å². The van der Waals surface area contributed by atoms with Crippen molar-refractivity contribution in [3.05, 3.63) is 35.9 Å². The predicted octanol–water partition coefficient (Wildman–Crippen LogP) is -0.494. The van der Waals surface area contributed by atoms with Crippen LogP contribution in [-0.4, -0.2) is 38.4 Å².